The Morgan fingerprint density at radius 3 is 2.86 bits per heavy atom. The van der Waals surface area contributed by atoms with Crippen LogP contribution < -0.4 is 20.1 Å². The number of aromatic nitrogens is 3. The third-order valence-corrected chi connectivity index (χ3v) is 4.33. The highest BCUT2D eigenvalue weighted by atomic mass is 127. The lowest BCUT2D eigenvalue weighted by molar-refractivity contribution is 0.0936. The minimum atomic E-state index is -0.0813. The largest absolute Gasteiger partial charge is 0.486 e. The number of hydrogen-bond acceptors (Lipinski definition) is 5. The van der Waals surface area contributed by atoms with Gasteiger partial charge in [-0.2, -0.15) is 0 Å². The number of imidazole rings is 1. The van der Waals surface area contributed by atoms with E-state index in [1.165, 1.54) is 0 Å². The second kappa shape index (κ2) is 10.1. The third-order valence-electron chi connectivity index (χ3n) is 4.33. The summed E-state index contributed by atoms with van der Waals surface area (Å²) in [4.78, 5) is 12.7. The van der Waals surface area contributed by atoms with Crippen LogP contribution in [0.1, 0.15) is 5.56 Å². The van der Waals surface area contributed by atoms with E-state index in [-0.39, 0.29) is 30.1 Å². The van der Waals surface area contributed by atoms with E-state index in [0.29, 0.717) is 25.7 Å². The van der Waals surface area contributed by atoms with Crippen molar-refractivity contribution in [3.63, 3.8) is 0 Å². The van der Waals surface area contributed by atoms with Gasteiger partial charge < -0.3 is 20.1 Å². The van der Waals surface area contributed by atoms with Gasteiger partial charge in [0.2, 0.25) is 0 Å². The van der Waals surface area contributed by atoms with Crippen LogP contribution >= 0.6 is 24.0 Å². The molecule has 4 rings (SSSR count). The average Bonchev–Trinajstić information content (AvgIpc) is 3.29. The first-order valence-electron chi connectivity index (χ1n) is 9.08. The molecule has 0 aliphatic carbocycles. The van der Waals surface area contributed by atoms with Crippen LogP contribution in [0, 0.1) is 0 Å². The van der Waals surface area contributed by atoms with Crippen molar-refractivity contribution in [2.75, 3.05) is 20.2 Å². The molecule has 3 aromatic rings. The van der Waals surface area contributed by atoms with Crippen LogP contribution in [0.25, 0.3) is 5.82 Å². The summed E-state index contributed by atoms with van der Waals surface area (Å²) in [6.07, 6.45) is 7.03. The molecular weight excluding hydrogens is 483 g/mol. The van der Waals surface area contributed by atoms with Gasteiger partial charge in [-0.05, 0) is 29.8 Å². The lowest BCUT2D eigenvalue weighted by Crippen LogP contribution is -2.45. The molecule has 0 spiro atoms. The Labute approximate surface area is 186 Å². The Hall–Kier alpha value is -2.82. The highest BCUT2D eigenvalue weighted by molar-refractivity contribution is 14.0. The smallest absolute Gasteiger partial charge is 0.191 e. The maximum atomic E-state index is 5.96. The Morgan fingerprint density at radius 2 is 2.07 bits per heavy atom. The fourth-order valence-corrected chi connectivity index (χ4v) is 2.89. The first-order chi connectivity index (χ1) is 13.8. The number of halogens is 1. The zero-order valence-corrected chi connectivity index (χ0v) is 18.3. The molecule has 0 radical (unpaired) electrons. The Bertz CT molecular complexity index is 948. The summed E-state index contributed by atoms with van der Waals surface area (Å²) < 4.78 is 13.6. The van der Waals surface area contributed by atoms with E-state index in [1.807, 2.05) is 47.2 Å². The van der Waals surface area contributed by atoms with Gasteiger partial charge in [-0.3, -0.25) is 9.56 Å². The van der Waals surface area contributed by atoms with Crippen LogP contribution in [0.15, 0.2) is 66.3 Å². The van der Waals surface area contributed by atoms with Crippen molar-refractivity contribution in [3.8, 4) is 17.3 Å². The van der Waals surface area contributed by atoms with Crippen molar-refractivity contribution in [2.24, 2.45) is 4.99 Å². The predicted octanol–water partition coefficient (Wildman–Crippen LogP) is 2.39. The number of aliphatic imine (C=N–C) groups is 1. The molecule has 1 aliphatic heterocycles. The molecule has 0 saturated heterocycles. The van der Waals surface area contributed by atoms with E-state index in [9.17, 15) is 0 Å². The van der Waals surface area contributed by atoms with Crippen molar-refractivity contribution in [1.82, 2.24) is 25.2 Å². The highest BCUT2D eigenvalue weighted by Gasteiger charge is 2.20. The maximum Gasteiger partial charge on any atom is 0.191 e. The van der Waals surface area contributed by atoms with E-state index >= 15 is 0 Å². The van der Waals surface area contributed by atoms with Gasteiger partial charge in [-0.25, -0.2) is 9.97 Å². The van der Waals surface area contributed by atoms with Gasteiger partial charge in [0, 0.05) is 32.2 Å². The van der Waals surface area contributed by atoms with Crippen molar-refractivity contribution in [1.29, 1.82) is 0 Å². The summed E-state index contributed by atoms with van der Waals surface area (Å²) in [6, 6.07) is 11.7. The summed E-state index contributed by atoms with van der Waals surface area (Å²) >= 11 is 0. The molecular formula is C20H23IN6O2. The van der Waals surface area contributed by atoms with Crippen molar-refractivity contribution in [3.05, 3.63) is 66.9 Å². The van der Waals surface area contributed by atoms with Gasteiger partial charge in [-0.15, -0.1) is 24.0 Å². The van der Waals surface area contributed by atoms with Gasteiger partial charge in [0.25, 0.3) is 0 Å². The first-order valence-corrected chi connectivity index (χ1v) is 9.08. The number of benzene rings is 1. The summed E-state index contributed by atoms with van der Waals surface area (Å²) in [6.45, 7) is 1.71. The number of rotatable bonds is 5. The highest BCUT2D eigenvalue weighted by Crippen LogP contribution is 2.30. The summed E-state index contributed by atoms with van der Waals surface area (Å²) in [7, 11) is 1.74. The van der Waals surface area contributed by atoms with Crippen LogP contribution in [0.3, 0.4) is 0 Å². The number of ether oxygens (including phenoxy) is 2. The average molecular weight is 506 g/mol. The van der Waals surface area contributed by atoms with Gasteiger partial charge >= 0.3 is 0 Å². The molecule has 0 amide bonds. The number of nitrogens with one attached hydrogen (secondary N) is 2. The van der Waals surface area contributed by atoms with Crippen LogP contribution in [0.5, 0.6) is 11.5 Å². The maximum absolute atomic E-state index is 5.96. The van der Waals surface area contributed by atoms with Crippen LogP contribution in [0.2, 0.25) is 0 Å². The van der Waals surface area contributed by atoms with Gasteiger partial charge in [0.05, 0.1) is 6.54 Å². The van der Waals surface area contributed by atoms with E-state index in [4.69, 9.17) is 9.47 Å². The van der Waals surface area contributed by atoms with Crippen LogP contribution in [0.4, 0.5) is 0 Å². The molecule has 1 aromatic carbocycles. The predicted molar refractivity (Wildman–Crippen MR) is 121 cm³/mol. The second-order valence-electron chi connectivity index (χ2n) is 6.30. The molecule has 0 fully saturated rings. The summed E-state index contributed by atoms with van der Waals surface area (Å²) in [5, 5.41) is 6.59. The lowest BCUT2D eigenvalue weighted by atomic mass is 10.2. The molecule has 9 heteroatoms. The number of para-hydroxylation sites is 2. The molecule has 1 aliphatic rings. The van der Waals surface area contributed by atoms with Gasteiger partial charge in [0.1, 0.15) is 24.9 Å². The van der Waals surface area contributed by atoms with Crippen LogP contribution in [-0.4, -0.2) is 46.8 Å². The Balaban J connectivity index is 0.00000240. The molecule has 0 saturated carbocycles. The molecule has 1 unspecified atom stereocenters. The number of fused-ring (bicyclic) bond motifs is 1. The normalized spacial score (nSPS) is 15.3. The minimum Gasteiger partial charge on any atom is -0.486 e. The molecule has 0 bridgehead atoms. The standard InChI is InChI=1S/C20H22N6O2.HI/c1-21-20(25-12-16-13-27-17-4-2-3-5-18(17)28-16)24-11-15-6-7-23-19(10-15)26-9-8-22-14-26;/h2-10,14,16H,11-13H2,1H3,(H2,21,24,25);1H. The Morgan fingerprint density at radius 1 is 1.21 bits per heavy atom. The molecule has 152 valence electrons. The summed E-state index contributed by atoms with van der Waals surface area (Å²) in [5.74, 6) is 3.08. The zero-order chi connectivity index (χ0) is 19.2. The van der Waals surface area contributed by atoms with E-state index in [1.54, 1.807) is 25.8 Å². The minimum absolute atomic E-state index is 0. The SMILES string of the molecule is CN=C(NCc1ccnc(-n2ccnc2)c1)NCC1COc2ccccc2O1.I. The number of guanidine groups is 1. The molecule has 8 nitrogen and oxygen atoms in total. The number of pyridine rings is 1. The van der Waals surface area contributed by atoms with Crippen LogP contribution in [-0.2, 0) is 6.54 Å². The second-order valence-corrected chi connectivity index (χ2v) is 6.30. The van der Waals surface area contributed by atoms with Crippen molar-refractivity contribution >= 4 is 29.9 Å². The first kappa shape index (κ1) is 20.9. The fourth-order valence-electron chi connectivity index (χ4n) is 2.89. The molecule has 2 aromatic heterocycles. The fraction of sp³-hybridized carbons (Fsp3) is 0.250. The number of hydrogen-bond donors (Lipinski definition) is 2. The molecule has 3 heterocycles. The van der Waals surface area contributed by atoms with E-state index in [0.717, 1.165) is 22.9 Å². The quantitative estimate of drug-likeness (QED) is 0.314. The van der Waals surface area contributed by atoms with Gasteiger partial charge in [0.15, 0.2) is 17.5 Å². The third kappa shape index (κ3) is 5.37. The topological polar surface area (TPSA) is 85.6 Å². The molecule has 2 N–H and O–H groups in total. The Kier molecular flexibility index (Phi) is 7.28. The zero-order valence-electron chi connectivity index (χ0n) is 16.0. The number of nitrogens with zero attached hydrogens (tertiary/aromatic N) is 4. The van der Waals surface area contributed by atoms with E-state index < -0.39 is 0 Å². The molecule has 29 heavy (non-hydrogen) atoms. The van der Waals surface area contributed by atoms with Crippen molar-refractivity contribution in [2.45, 2.75) is 12.6 Å². The molecule has 1 atom stereocenters. The van der Waals surface area contributed by atoms with E-state index in [2.05, 4.69) is 25.6 Å². The van der Waals surface area contributed by atoms with Crippen molar-refractivity contribution < 1.29 is 9.47 Å². The monoisotopic (exact) mass is 506 g/mol. The lowest BCUT2D eigenvalue weighted by Gasteiger charge is -2.27. The van der Waals surface area contributed by atoms with Gasteiger partial charge in [-0.1, -0.05) is 12.1 Å². The summed E-state index contributed by atoms with van der Waals surface area (Å²) in [5.41, 5.74) is 1.09.